The molecular formula is C16H17ClN4O3S. The summed E-state index contributed by atoms with van der Waals surface area (Å²) in [6.07, 6.45) is 1.05. The Labute approximate surface area is 150 Å². The first-order valence-corrected chi connectivity index (χ1v) is 9.36. The van der Waals surface area contributed by atoms with Gasteiger partial charge in [0.1, 0.15) is 0 Å². The number of anilines is 2. The molecule has 0 aliphatic heterocycles. The van der Waals surface area contributed by atoms with Gasteiger partial charge < -0.3 is 16.8 Å². The molecule has 0 radical (unpaired) electrons. The monoisotopic (exact) mass is 380 g/mol. The molecule has 0 aliphatic carbocycles. The molecule has 9 heteroatoms. The molecule has 0 unspecified atom stereocenters. The highest BCUT2D eigenvalue weighted by molar-refractivity contribution is 7.90. The molecule has 7 nitrogen and oxygen atoms in total. The van der Waals surface area contributed by atoms with Gasteiger partial charge in [-0.05, 0) is 42.8 Å². The molecule has 0 saturated heterocycles. The summed E-state index contributed by atoms with van der Waals surface area (Å²) in [6, 6.07) is 9.63. The van der Waals surface area contributed by atoms with Gasteiger partial charge in [-0.2, -0.15) is 4.99 Å². The third kappa shape index (κ3) is 4.71. The summed E-state index contributed by atoms with van der Waals surface area (Å²) in [6.45, 7) is 1.66. The fourth-order valence-corrected chi connectivity index (χ4v) is 3.25. The van der Waals surface area contributed by atoms with Crippen molar-refractivity contribution in [3.8, 4) is 0 Å². The zero-order valence-electron chi connectivity index (χ0n) is 13.6. The number of amides is 1. The van der Waals surface area contributed by atoms with Crippen LogP contribution in [0.3, 0.4) is 0 Å². The largest absolute Gasteiger partial charge is 0.370 e. The summed E-state index contributed by atoms with van der Waals surface area (Å²) in [4.78, 5) is 15.5. The summed E-state index contributed by atoms with van der Waals surface area (Å²) in [5.41, 5.74) is 12.0. The maximum absolute atomic E-state index is 12.2. The molecule has 2 aromatic rings. The van der Waals surface area contributed by atoms with Gasteiger partial charge in [-0.25, -0.2) is 8.42 Å². The Morgan fingerprint density at radius 2 is 1.88 bits per heavy atom. The van der Waals surface area contributed by atoms with Crippen molar-refractivity contribution < 1.29 is 13.2 Å². The third-order valence-corrected chi connectivity index (χ3v) is 4.66. The lowest BCUT2D eigenvalue weighted by Crippen LogP contribution is -2.24. The van der Waals surface area contributed by atoms with Gasteiger partial charge in [-0.3, -0.25) is 4.79 Å². The van der Waals surface area contributed by atoms with E-state index < -0.39 is 21.7 Å². The highest BCUT2D eigenvalue weighted by Gasteiger charge is 2.19. The quantitative estimate of drug-likeness (QED) is 0.551. The van der Waals surface area contributed by atoms with E-state index in [2.05, 4.69) is 10.3 Å². The average Bonchev–Trinajstić information content (AvgIpc) is 2.45. The van der Waals surface area contributed by atoms with E-state index in [1.165, 1.54) is 6.07 Å². The van der Waals surface area contributed by atoms with Gasteiger partial charge in [0.15, 0.2) is 15.8 Å². The molecule has 0 saturated carbocycles. The molecule has 5 N–H and O–H groups in total. The highest BCUT2D eigenvalue weighted by Crippen LogP contribution is 2.29. The van der Waals surface area contributed by atoms with E-state index in [0.29, 0.717) is 22.0 Å². The van der Waals surface area contributed by atoms with Crippen LogP contribution in [0.15, 0.2) is 46.3 Å². The smallest absolute Gasteiger partial charge is 0.280 e. The van der Waals surface area contributed by atoms with Gasteiger partial charge in [0.05, 0.1) is 10.6 Å². The number of rotatable bonds is 4. The van der Waals surface area contributed by atoms with E-state index in [4.69, 9.17) is 23.1 Å². The second kappa shape index (κ2) is 7.12. The van der Waals surface area contributed by atoms with Gasteiger partial charge >= 0.3 is 0 Å². The number of nitrogens with two attached hydrogens (primary N) is 2. The minimum atomic E-state index is -3.62. The Morgan fingerprint density at radius 1 is 1.20 bits per heavy atom. The van der Waals surface area contributed by atoms with Crippen LogP contribution >= 0.6 is 11.6 Å². The Bertz CT molecular complexity index is 967. The summed E-state index contributed by atoms with van der Waals surface area (Å²) in [5, 5.41) is 3.51. The van der Waals surface area contributed by atoms with Crippen LogP contribution in [0.25, 0.3) is 0 Å². The first kappa shape index (κ1) is 18.8. The minimum absolute atomic E-state index is 0.0489. The van der Waals surface area contributed by atoms with Crippen LogP contribution in [0, 0.1) is 6.92 Å². The molecule has 2 aromatic carbocycles. The second-order valence-corrected chi connectivity index (χ2v) is 7.83. The number of aliphatic imine (C=N–C) groups is 1. The van der Waals surface area contributed by atoms with Crippen molar-refractivity contribution in [3.63, 3.8) is 0 Å². The van der Waals surface area contributed by atoms with Crippen LogP contribution in [0.1, 0.15) is 15.9 Å². The number of guanidine groups is 1. The lowest BCUT2D eigenvalue weighted by molar-refractivity contribution is 0.100. The fourth-order valence-electron chi connectivity index (χ4n) is 2.22. The molecule has 1 amide bonds. The standard InChI is InChI=1S/C16H17ClN4O3S/c1-9-6-13(20-11-5-3-4-10(17)7-11)14(25(2,23)24)8-12(9)15(22)21-16(18)19/h3-8,20H,1-2H3,(H4,18,19,21,22). The molecule has 0 heterocycles. The van der Waals surface area contributed by atoms with Crippen LogP contribution in [-0.4, -0.2) is 26.5 Å². The Hall–Kier alpha value is -2.58. The number of nitrogens with zero attached hydrogens (tertiary/aromatic N) is 1. The zero-order chi connectivity index (χ0) is 18.8. The Balaban J connectivity index is 2.59. The summed E-state index contributed by atoms with van der Waals surface area (Å²) in [7, 11) is -3.62. The van der Waals surface area contributed by atoms with Crippen molar-refractivity contribution in [1.29, 1.82) is 0 Å². The SMILES string of the molecule is Cc1cc(Nc2cccc(Cl)c2)c(S(C)(=O)=O)cc1C(=O)N=C(N)N. The van der Waals surface area contributed by atoms with Gasteiger partial charge in [-0.1, -0.05) is 17.7 Å². The summed E-state index contributed by atoms with van der Waals surface area (Å²) in [5.74, 6) is -1.11. The molecular weight excluding hydrogens is 364 g/mol. The lowest BCUT2D eigenvalue weighted by atomic mass is 10.1. The van der Waals surface area contributed by atoms with E-state index in [9.17, 15) is 13.2 Å². The molecule has 0 bridgehead atoms. The van der Waals surface area contributed by atoms with E-state index >= 15 is 0 Å². The fraction of sp³-hybridized carbons (Fsp3) is 0.125. The Kier molecular flexibility index (Phi) is 5.34. The number of hydrogen-bond acceptors (Lipinski definition) is 4. The van der Waals surface area contributed by atoms with Gasteiger partial charge in [0, 0.05) is 22.5 Å². The van der Waals surface area contributed by atoms with Gasteiger partial charge in [-0.15, -0.1) is 0 Å². The summed E-state index contributed by atoms with van der Waals surface area (Å²) < 4.78 is 24.3. The Morgan fingerprint density at radius 3 is 2.44 bits per heavy atom. The maximum Gasteiger partial charge on any atom is 0.280 e. The first-order valence-electron chi connectivity index (χ1n) is 7.09. The normalized spacial score (nSPS) is 11.0. The van der Waals surface area contributed by atoms with Crippen LogP contribution in [-0.2, 0) is 9.84 Å². The number of nitrogens with one attached hydrogen (secondary N) is 1. The van der Waals surface area contributed by atoms with Crippen molar-refractivity contribution in [3.05, 3.63) is 52.5 Å². The third-order valence-electron chi connectivity index (χ3n) is 3.29. The van der Waals surface area contributed by atoms with Crippen LogP contribution in [0.4, 0.5) is 11.4 Å². The second-order valence-electron chi connectivity index (χ2n) is 5.41. The first-order chi connectivity index (χ1) is 11.6. The van der Waals surface area contributed by atoms with Crippen LogP contribution < -0.4 is 16.8 Å². The van der Waals surface area contributed by atoms with Crippen molar-refractivity contribution in [2.75, 3.05) is 11.6 Å². The van der Waals surface area contributed by atoms with E-state index in [0.717, 1.165) is 6.26 Å². The maximum atomic E-state index is 12.2. The number of hydrogen-bond donors (Lipinski definition) is 3. The molecule has 0 aliphatic rings. The molecule has 0 spiro atoms. The van der Waals surface area contributed by atoms with E-state index in [1.807, 2.05) is 0 Å². The zero-order valence-corrected chi connectivity index (χ0v) is 15.1. The van der Waals surface area contributed by atoms with Crippen molar-refractivity contribution in [2.24, 2.45) is 16.5 Å². The summed E-state index contributed by atoms with van der Waals surface area (Å²) >= 11 is 5.95. The number of carbonyl (C=O) groups is 1. The predicted molar refractivity (Wildman–Crippen MR) is 99.2 cm³/mol. The average molecular weight is 381 g/mol. The number of sulfone groups is 1. The molecule has 132 valence electrons. The van der Waals surface area contributed by atoms with Gasteiger partial charge in [0.2, 0.25) is 0 Å². The van der Waals surface area contributed by atoms with Crippen LogP contribution in [0.2, 0.25) is 5.02 Å². The molecule has 25 heavy (non-hydrogen) atoms. The van der Waals surface area contributed by atoms with Crippen molar-refractivity contribution >= 4 is 44.7 Å². The van der Waals surface area contributed by atoms with Crippen LogP contribution in [0.5, 0.6) is 0 Å². The highest BCUT2D eigenvalue weighted by atomic mass is 35.5. The topological polar surface area (TPSA) is 128 Å². The van der Waals surface area contributed by atoms with Crippen molar-refractivity contribution in [2.45, 2.75) is 11.8 Å². The molecule has 2 rings (SSSR count). The molecule has 0 atom stereocenters. The lowest BCUT2D eigenvalue weighted by Gasteiger charge is -2.14. The van der Waals surface area contributed by atoms with Gasteiger partial charge in [0.25, 0.3) is 5.91 Å². The van der Waals surface area contributed by atoms with Crippen molar-refractivity contribution in [1.82, 2.24) is 0 Å². The van der Waals surface area contributed by atoms with E-state index in [1.54, 1.807) is 37.3 Å². The molecule has 0 aromatic heterocycles. The predicted octanol–water partition coefficient (Wildman–Crippen LogP) is 2.21. The number of carbonyl (C=O) groups excluding carboxylic acids is 1. The minimum Gasteiger partial charge on any atom is -0.370 e. The number of halogens is 1. The van der Waals surface area contributed by atoms with E-state index in [-0.39, 0.29) is 10.5 Å². The molecule has 0 fully saturated rings. The number of aryl methyl sites for hydroxylation is 1. The number of benzene rings is 2.